The summed E-state index contributed by atoms with van der Waals surface area (Å²) in [4.78, 5) is 31.9. The van der Waals surface area contributed by atoms with E-state index >= 15 is 22.0 Å². The van der Waals surface area contributed by atoms with Crippen molar-refractivity contribution >= 4 is 60.4 Å². The highest BCUT2D eigenvalue weighted by Crippen LogP contribution is 2.48. The number of hydrogen-bond donors (Lipinski definition) is 1. The van der Waals surface area contributed by atoms with E-state index < -0.39 is 52.2 Å². The zero-order valence-electron chi connectivity index (χ0n) is 28.7. The van der Waals surface area contributed by atoms with Gasteiger partial charge in [-0.25, -0.2) is 13.2 Å². The number of ether oxygens (including phenoxy) is 1. The van der Waals surface area contributed by atoms with Crippen LogP contribution >= 0.6 is 22.7 Å². The Morgan fingerprint density at radius 3 is 2.76 bits per heavy atom. The Balaban J connectivity index is 1.31. The molecule has 0 saturated carbocycles. The van der Waals surface area contributed by atoms with E-state index in [2.05, 4.69) is 15.0 Å². The van der Waals surface area contributed by atoms with E-state index in [1.165, 1.54) is 17.5 Å². The van der Waals surface area contributed by atoms with Gasteiger partial charge in [0.2, 0.25) is 0 Å². The summed E-state index contributed by atoms with van der Waals surface area (Å²) in [5.41, 5.74) is 3.41. The summed E-state index contributed by atoms with van der Waals surface area (Å²) in [6, 6.07) is 3.75. The molecule has 10 nitrogen and oxygen atoms in total. The molecule has 3 aliphatic rings. The lowest BCUT2D eigenvalue weighted by Crippen LogP contribution is -2.43. The van der Waals surface area contributed by atoms with Crippen molar-refractivity contribution in [1.82, 2.24) is 24.8 Å². The molecule has 2 N–H and O–H groups in total. The molecule has 54 heavy (non-hydrogen) atoms. The van der Waals surface area contributed by atoms with Crippen molar-refractivity contribution in [2.24, 2.45) is 0 Å². The smallest absolute Gasteiger partial charge is 0.417 e. The SMILES string of the molecule is CCN(c1nc(OC[C@@]23CCCN2C[C@H](F)C3)nc2c(F)c(-c3ccc(F)c4sc(N)c(C#N)c34)c(C(F)(F)F)cc12)[C@H]1CCN(C(=O)c2cncs2)C1. The van der Waals surface area contributed by atoms with Gasteiger partial charge in [-0.15, -0.1) is 22.7 Å². The molecule has 0 unspecified atom stereocenters. The second-order valence-electron chi connectivity index (χ2n) is 13.8. The number of nitrogens with zero attached hydrogens (tertiary/aromatic N) is 7. The summed E-state index contributed by atoms with van der Waals surface area (Å²) < 4.78 is 98.3. The van der Waals surface area contributed by atoms with Crippen LogP contribution < -0.4 is 15.4 Å². The van der Waals surface area contributed by atoms with Gasteiger partial charge in [-0.2, -0.15) is 28.4 Å². The maximum Gasteiger partial charge on any atom is 0.417 e. The third-order valence-electron chi connectivity index (χ3n) is 10.8. The number of likely N-dealkylation sites (N-methyl/N-ethyl adjacent to an activating group) is 1. The number of thiophene rings is 1. The number of carbonyl (C=O) groups is 1. The molecule has 0 aliphatic carbocycles. The molecule has 6 heterocycles. The number of carbonyl (C=O) groups excluding carboxylic acids is 1. The molecule has 0 bridgehead atoms. The molecule has 282 valence electrons. The third kappa shape index (κ3) is 5.96. The summed E-state index contributed by atoms with van der Waals surface area (Å²) in [7, 11) is 0. The van der Waals surface area contributed by atoms with Gasteiger partial charge in [0.05, 0.1) is 33.1 Å². The number of anilines is 2. The minimum atomic E-state index is -5.13. The van der Waals surface area contributed by atoms with Gasteiger partial charge in [-0.3, -0.25) is 14.7 Å². The fourth-order valence-electron chi connectivity index (χ4n) is 8.36. The van der Waals surface area contributed by atoms with Gasteiger partial charge in [0.15, 0.2) is 5.82 Å². The number of aromatic nitrogens is 3. The third-order valence-corrected chi connectivity index (χ3v) is 12.6. The first kappa shape index (κ1) is 36.3. The number of rotatable bonds is 8. The minimum Gasteiger partial charge on any atom is -0.461 e. The monoisotopic (exact) mass is 786 g/mol. The summed E-state index contributed by atoms with van der Waals surface area (Å²) in [6.45, 7) is 3.44. The van der Waals surface area contributed by atoms with Crippen molar-refractivity contribution in [1.29, 1.82) is 5.26 Å². The second-order valence-corrected chi connectivity index (χ2v) is 15.7. The van der Waals surface area contributed by atoms with Gasteiger partial charge in [0.25, 0.3) is 5.91 Å². The Morgan fingerprint density at radius 2 is 2.04 bits per heavy atom. The number of thiazole rings is 1. The highest BCUT2D eigenvalue weighted by atomic mass is 32.1. The number of nitrogens with two attached hydrogens (primary N) is 1. The molecule has 3 saturated heterocycles. The zero-order valence-corrected chi connectivity index (χ0v) is 30.4. The van der Waals surface area contributed by atoms with Crippen LogP contribution in [0.15, 0.2) is 29.9 Å². The second kappa shape index (κ2) is 13.5. The molecule has 1 amide bonds. The van der Waals surface area contributed by atoms with Crippen LogP contribution in [0, 0.1) is 23.0 Å². The molecule has 3 atom stereocenters. The first-order chi connectivity index (χ1) is 25.8. The van der Waals surface area contributed by atoms with Crippen molar-refractivity contribution in [3.8, 4) is 23.2 Å². The summed E-state index contributed by atoms with van der Waals surface area (Å²) in [6.07, 6.45) is -2.59. The molecule has 2 aromatic carbocycles. The number of alkyl halides is 4. The Bertz CT molecular complexity index is 2330. The standard InChI is InChI=1S/C36H32F6N8O2S2/c1-2-50(19-6-9-48(15-19)33(51)25-13-45-17-53-25)32-21-10-23(36(40,41)42)27(20-4-5-24(38)30-26(20)22(12-43)31(44)54-30)28(39)29(21)46-34(47-32)52-16-35-7-3-8-49(35)14-18(37)11-35/h4-5,10,13,17-19H,2-3,6-9,11,14-16,44H2,1H3/t18-,19+,35+/m1/s1. The maximum atomic E-state index is 17.3. The van der Waals surface area contributed by atoms with E-state index in [0.29, 0.717) is 42.1 Å². The highest BCUT2D eigenvalue weighted by Gasteiger charge is 2.49. The molecule has 0 spiro atoms. The Morgan fingerprint density at radius 1 is 1.22 bits per heavy atom. The fourth-order valence-corrected chi connectivity index (χ4v) is 9.89. The molecule has 18 heteroatoms. The van der Waals surface area contributed by atoms with Crippen LogP contribution in [0.2, 0.25) is 0 Å². The van der Waals surface area contributed by atoms with Crippen molar-refractivity contribution in [3.05, 3.63) is 57.5 Å². The van der Waals surface area contributed by atoms with Gasteiger partial charge in [-0.05, 0) is 50.4 Å². The van der Waals surface area contributed by atoms with Crippen molar-refractivity contribution < 1.29 is 35.9 Å². The van der Waals surface area contributed by atoms with E-state index in [1.54, 1.807) is 22.2 Å². The van der Waals surface area contributed by atoms with Crippen LogP contribution in [0.1, 0.15) is 53.4 Å². The lowest BCUT2D eigenvalue weighted by atomic mass is 9.92. The number of likely N-dealkylation sites (tertiary alicyclic amines) is 1. The van der Waals surface area contributed by atoms with Gasteiger partial charge in [0, 0.05) is 55.0 Å². The lowest BCUT2D eigenvalue weighted by Gasteiger charge is -2.32. The van der Waals surface area contributed by atoms with Crippen LogP contribution in [0.25, 0.3) is 32.1 Å². The number of halogens is 6. The number of fused-ring (bicyclic) bond motifs is 3. The maximum absolute atomic E-state index is 17.3. The predicted octanol–water partition coefficient (Wildman–Crippen LogP) is 7.42. The fraction of sp³-hybridized carbons (Fsp3) is 0.417. The van der Waals surface area contributed by atoms with Gasteiger partial charge >= 0.3 is 12.2 Å². The topological polar surface area (TPSA) is 125 Å². The van der Waals surface area contributed by atoms with Crippen LogP contribution in [0.4, 0.5) is 37.2 Å². The van der Waals surface area contributed by atoms with Crippen LogP contribution in [0.5, 0.6) is 6.01 Å². The average molecular weight is 787 g/mol. The number of nitriles is 1. The predicted molar refractivity (Wildman–Crippen MR) is 192 cm³/mol. The molecule has 0 radical (unpaired) electrons. The van der Waals surface area contributed by atoms with E-state index in [1.807, 2.05) is 11.0 Å². The van der Waals surface area contributed by atoms with Crippen LogP contribution in [-0.2, 0) is 6.18 Å². The Labute approximate surface area is 312 Å². The van der Waals surface area contributed by atoms with E-state index in [0.717, 1.165) is 24.6 Å². The molecular formula is C36H32F6N8O2S2. The van der Waals surface area contributed by atoms with Crippen LogP contribution in [-0.4, -0.2) is 87.7 Å². The van der Waals surface area contributed by atoms with E-state index in [-0.39, 0.29) is 82.0 Å². The molecule has 5 aromatic rings. The Kier molecular flexibility index (Phi) is 9.09. The summed E-state index contributed by atoms with van der Waals surface area (Å²) >= 11 is 1.87. The molecule has 8 rings (SSSR count). The summed E-state index contributed by atoms with van der Waals surface area (Å²) in [5, 5.41) is 9.24. The number of benzene rings is 2. The van der Waals surface area contributed by atoms with Gasteiger partial charge in [-0.1, -0.05) is 6.07 Å². The van der Waals surface area contributed by atoms with Gasteiger partial charge < -0.3 is 20.3 Å². The molecule has 3 aliphatic heterocycles. The van der Waals surface area contributed by atoms with Crippen molar-refractivity contribution in [2.75, 3.05) is 50.0 Å². The highest BCUT2D eigenvalue weighted by molar-refractivity contribution is 7.23. The molecular weight excluding hydrogens is 755 g/mol. The Hall–Kier alpha value is -4.73. The minimum absolute atomic E-state index is 0.0293. The normalized spacial score (nSPS) is 21.6. The van der Waals surface area contributed by atoms with Crippen LogP contribution in [0.3, 0.4) is 0 Å². The molecule has 3 aromatic heterocycles. The zero-order chi connectivity index (χ0) is 38.1. The average Bonchev–Trinajstić information content (AvgIpc) is 3.97. The first-order valence-corrected chi connectivity index (χ1v) is 19.0. The van der Waals surface area contributed by atoms with Gasteiger partial charge in [0.1, 0.15) is 45.9 Å². The number of nitrogen functional groups attached to an aromatic ring is 1. The molecule has 3 fully saturated rings. The quantitative estimate of drug-likeness (QED) is 0.160. The van der Waals surface area contributed by atoms with Crippen molar-refractivity contribution in [2.45, 2.75) is 56.5 Å². The number of amides is 1. The summed E-state index contributed by atoms with van der Waals surface area (Å²) in [5.74, 6) is -2.49. The largest absolute Gasteiger partial charge is 0.461 e. The number of hydrogen-bond acceptors (Lipinski definition) is 11. The van der Waals surface area contributed by atoms with E-state index in [4.69, 9.17) is 10.5 Å². The first-order valence-electron chi connectivity index (χ1n) is 17.3. The lowest BCUT2D eigenvalue weighted by molar-refractivity contribution is -0.137. The van der Waals surface area contributed by atoms with Crippen molar-refractivity contribution in [3.63, 3.8) is 0 Å². The van der Waals surface area contributed by atoms with E-state index in [9.17, 15) is 14.4 Å².